The molecule has 32 heavy (non-hydrogen) atoms. The van der Waals surface area contributed by atoms with E-state index in [1.165, 1.54) is 24.7 Å². The highest BCUT2D eigenvalue weighted by Crippen LogP contribution is 2.35. The van der Waals surface area contributed by atoms with Gasteiger partial charge in [0.05, 0.1) is 30.9 Å². The molecule has 3 rings (SSSR count). The fourth-order valence-electron chi connectivity index (χ4n) is 3.68. The normalized spacial score (nSPS) is 14.8. The summed E-state index contributed by atoms with van der Waals surface area (Å²) in [7, 11) is 2.61. The molecule has 0 aromatic heterocycles. The van der Waals surface area contributed by atoms with Gasteiger partial charge in [-0.15, -0.1) is 0 Å². The molecule has 0 bridgehead atoms. The number of amides is 1. The molecule has 0 saturated carbocycles. The van der Waals surface area contributed by atoms with Crippen LogP contribution in [0.4, 0.5) is 5.69 Å². The second-order valence-electron chi connectivity index (χ2n) is 7.53. The average Bonchev–Trinajstić information content (AvgIpc) is 3.06. The van der Waals surface area contributed by atoms with Gasteiger partial charge in [-0.05, 0) is 61.2 Å². The first-order valence-electron chi connectivity index (χ1n) is 10.5. The molecule has 0 atom stereocenters. The van der Waals surface area contributed by atoms with Crippen LogP contribution in [0.25, 0.3) is 6.08 Å². The molecule has 0 N–H and O–H groups in total. The molecule has 0 unspecified atom stereocenters. The average molecular weight is 434 g/mol. The van der Waals surface area contributed by atoms with E-state index in [1.54, 1.807) is 37.3 Å². The Labute approximate surface area is 188 Å². The number of rotatable bonds is 7. The van der Waals surface area contributed by atoms with Crippen LogP contribution in [0.5, 0.6) is 0 Å². The number of carbonyl (C=O) groups is 3. The lowest BCUT2D eigenvalue weighted by atomic mass is 10.0. The van der Waals surface area contributed by atoms with Crippen molar-refractivity contribution >= 4 is 29.6 Å². The molecule has 6 heteroatoms. The van der Waals surface area contributed by atoms with Gasteiger partial charge in [0.25, 0.3) is 5.91 Å². The van der Waals surface area contributed by atoms with Crippen molar-refractivity contribution in [1.29, 1.82) is 0 Å². The Kier molecular flexibility index (Phi) is 7.25. The predicted molar refractivity (Wildman–Crippen MR) is 123 cm³/mol. The van der Waals surface area contributed by atoms with Crippen molar-refractivity contribution in [1.82, 2.24) is 0 Å². The minimum atomic E-state index is -0.574. The number of ether oxygens (including phenoxy) is 2. The zero-order chi connectivity index (χ0) is 23.3. The van der Waals surface area contributed by atoms with Crippen molar-refractivity contribution in [2.45, 2.75) is 33.1 Å². The largest absolute Gasteiger partial charge is 0.465 e. The van der Waals surface area contributed by atoms with E-state index in [4.69, 9.17) is 9.47 Å². The Balaban J connectivity index is 1.98. The van der Waals surface area contributed by atoms with E-state index in [-0.39, 0.29) is 17.1 Å². The van der Waals surface area contributed by atoms with Crippen LogP contribution in [0.3, 0.4) is 0 Å². The summed E-state index contributed by atoms with van der Waals surface area (Å²) in [5, 5.41) is 0. The molecule has 0 radical (unpaired) electrons. The van der Waals surface area contributed by atoms with Gasteiger partial charge < -0.3 is 9.47 Å². The first-order valence-corrected chi connectivity index (χ1v) is 10.5. The van der Waals surface area contributed by atoms with Crippen molar-refractivity contribution in [2.24, 2.45) is 0 Å². The fraction of sp³-hybridized carbons (Fsp3) is 0.269. The summed E-state index contributed by atoms with van der Waals surface area (Å²) in [6, 6.07) is 14.4. The highest BCUT2D eigenvalue weighted by molar-refractivity contribution is 6.23. The number of allylic oxidation sites excluding steroid dienone is 1. The highest BCUT2D eigenvalue weighted by atomic mass is 16.5. The molecule has 0 saturated heterocycles. The second-order valence-corrected chi connectivity index (χ2v) is 7.53. The maximum atomic E-state index is 13.4. The maximum absolute atomic E-state index is 13.4. The Hall–Kier alpha value is -3.67. The summed E-state index contributed by atoms with van der Waals surface area (Å²) in [5.41, 5.74) is 3.96. The number of hydrogen-bond donors (Lipinski definition) is 0. The molecule has 1 aliphatic rings. The fourth-order valence-corrected chi connectivity index (χ4v) is 3.68. The summed E-state index contributed by atoms with van der Waals surface area (Å²) in [5.74, 6) is -1.32. The summed E-state index contributed by atoms with van der Waals surface area (Å²) in [6.45, 7) is 3.88. The monoisotopic (exact) mass is 433 g/mol. The van der Waals surface area contributed by atoms with Crippen LogP contribution in [0.1, 0.15) is 48.2 Å². The number of benzene rings is 2. The number of nitrogens with zero attached hydrogens (tertiary/aromatic N) is 1. The third-order valence-corrected chi connectivity index (χ3v) is 5.45. The van der Waals surface area contributed by atoms with Crippen LogP contribution in [-0.4, -0.2) is 32.1 Å². The minimum Gasteiger partial charge on any atom is -0.465 e. The topological polar surface area (TPSA) is 72.9 Å². The van der Waals surface area contributed by atoms with Gasteiger partial charge in [0.1, 0.15) is 0 Å². The van der Waals surface area contributed by atoms with Crippen LogP contribution in [0, 0.1) is 0 Å². The first kappa shape index (κ1) is 23.0. The molecule has 0 aliphatic carbocycles. The van der Waals surface area contributed by atoms with E-state index >= 15 is 0 Å². The molecule has 2 aromatic rings. The summed E-state index contributed by atoms with van der Waals surface area (Å²) >= 11 is 0. The van der Waals surface area contributed by atoms with E-state index in [9.17, 15) is 14.4 Å². The quantitative estimate of drug-likeness (QED) is 0.468. The predicted octanol–water partition coefficient (Wildman–Crippen LogP) is 4.69. The molecule has 1 aliphatic heterocycles. The van der Waals surface area contributed by atoms with Crippen molar-refractivity contribution in [2.75, 3.05) is 19.1 Å². The van der Waals surface area contributed by atoms with E-state index in [0.717, 1.165) is 19.3 Å². The van der Waals surface area contributed by atoms with Gasteiger partial charge in [0.15, 0.2) is 0 Å². The van der Waals surface area contributed by atoms with Gasteiger partial charge in [-0.1, -0.05) is 37.6 Å². The van der Waals surface area contributed by atoms with Crippen LogP contribution < -0.4 is 4.90 Å². The third-order valence-electron chi connectivity index (χ3n) is 5.45. The molecular weight excluding hydrogens is 406 g/mol. The lowest BCUT2D eigenvalue weighted by Gasteiger charge is -2.18. The molecule has 6 nitrogen and oxygen atoms in total. The van der Waals surface area contributed by atoms with Crippen LogP contribution in [0.15, 0.2) is 65.4 Å². The van der Waals surface area contributed by atoms with Crippen molar-refractivity contribution < 1.29 is 23.9 Å². The molecule has 1 amide bonds. The van der Waals surface area contributed by atoms with E-state index < -0.39 is 11.9 Å². The minimum absolute atomic E-state index is 0.226. The van der Waals surface area contributed by atoms with E-state index in [0.29, 0.717) is 22.5 Å². The summed E-state index contributed by atoms with van der Waals surface area (Å²) in [4.78, 5) is 39.1. The van der Waals surface area contributed by atoms with Gasteiger partial charge in [-0.3, -0.25) is 9.69 Å². The third kappa shape index (κ3) is 4.64. The standard InChI is InChI=1S/C26H27NO5/c1-5-6-7-18-10-14-21(15-11-18)27-17(2)23(26(30)32-4)22(24(27)28)16-19-8-12-20(13-9-19)25(29)31-3/h8-16H,5-7H2,1-4H3. The van der Waals surface area contributed by atoms with Gasteiger partial charge in [-0.2, -0.15) is 0 Å². The SMILES string of the molecule is CCCCc1ccc(N2C(=O)C(=Cc3ccc(C(=O)OC)cc3)C(C(=O)OC)=C2C)cc1. The molecular formula is C26H27NO5. The second kappa shape index (κ2) is 10.1. The van der Waals surface area contributed by atoms with Crippen LogP contribution in [-0.2, 0) is 25.5 Å². The Morgan fingerprint density at radius 3 is 2.12 bits per heavy atom. The highest BCUT2D eigenvalue weighted by Gasteiger charge is 2.37. The van der Waals surface area contributed by atoms with E-state index in [1.807, 2.05) is 24.3 Å². The number of hydrogen-bond acceptors (Lipinski definition) is 5. The number of anilines is 1. The van der Waals surface area contributed by atoms with Gasteiger partial charge >= 0.3 is 11.9 Å². The molecule has 166 valence electrons. The smallest absolute Gasteiger partial charge is 0.340 e. The summed E-state index contributed by atoms with van der Waals surface area (Å²) in [6.07, 6.45) is 4.84. The number of aryl methyl sites for hydroxylation is 1. The summed E-state index contributed by atoms with van der Waals surface area (Å²) < 4.78 is 9.67. The number of esters is 2. The number of carbonyl (C=O) groups excluding carboxylic acids is 3. The molecule has 2 aromatic carbocycles. The van der Waals surface area contributed by atoms with Crippen molar-refractivity contribution in [3.05, 3.63) is 82.1 Å². The Bertz CT molecular complexity index is 1080. The maximum Gasteiger partial charge on any atom is 0.340 e. The Morgan fingerprint density at radius 1 is 0.938 bits per heavy atom. The lowest BCUT2D eigenvalue weighted by molar-refractivity contribution is -0.136. The molecule has 0 spiro atoms. The first-order chi connectivity index (χ1) is 15.4. The van der Waals surface area contributed by atoms with Gasteiger partial charge in [0.2, 0.25) is 0 Å². The van der Waals surface area contributed by atoms with Crippen molar-refractivity contribution in [3.8, 4) is 0 Å². The van der Waals surface area contributed by atoms with Crippen LogP contribution in [0.2, 0.25) is 0 Å². The van der Waals surface area contributed by atoms with Crippen molar-refractivity contribution in [3.63, 3.8) is 0 Å². The van der Waals surface area contributed by atoms with Crippen LogP contribution >= 0.6 is 0 Å². The zero-order valence-corrected chi connectivity index (χ0v) is 18.8. The zero-order valence-electron chi connectivity index (χ0n) is 18.8. The number of unbranched alkanes of at least 4 members (excludes halogenated alkanes) is 1. The van der Waals surface area contributed by atoms with Gasteiger partial charge in [0, 0.05) is 11.4 Å². The number of methoxy groups -OCH3 is 2. The Morgan fingerprint density at radius 2 is 1.56 bits per heavy atom. The molecule has 1 heterocycles. The lowest BCUT2D eigenvalue weighted by Crippen LogP contribution is -2.24. The molecule has 0 fully saturated rings. The van der Waals surface area contributed by atoms with E-state index in [2.05, 4.69) is 6.92 Å². The van der Waals surface area contributed by atoms with Gasteiger partial charge in [-0.25, -0.2) is 9.59 Å².